The molecule has 0 atom stereocenters. The predicted octanol–water partition coefficient (Wildman–Crippen LogP) is 1.63. The van der Waals surface area contributed by atoms with Crippen LogP contribution in [0.25, 0.3) is 0 Å². The fourth-order valence-corrected chi connectivity index (χ4v) is 2.22. The number of rotatable bonds is 3. The minimum Gasteiger partial charge on any atom is -0.393 e. The van der Waals surface area contributed by atoms with Crippen molar-refractivity contribution in [3.8, 4) is 0 Å². The Bertz CT molecular complexity index is 464. The van der Waals surface area contributed by atoms with E-state index in [-0.39, 0.29) is 23.7 Å². The largest absolute Gasteiger partial charge is 0.393 e. The smallest absolute Gasteiger partial charge is 0.269 e. The Kier molecular flexibility index (Phi) is 4.11. The van der Waals surface area contributed by atoms with Crippen molar-refractivity contribution >= 4 is 11.6 Å². The Morgan fingerprint density at radius 1 is 1.21 bits per heavy atom. The van der Waals surface area contributed by atoms with Crippen LogP contribution in [0.4, 0.5) is 5.69 Å². The molecule has 1 aromatic rings. The molecule has 1 fully saturated rings. The summed E-state index contributed by atoms with van der Waals surface area (Å²) in [5, 5.41) is 22.8. The fourth-order valence-electron chi connectivity index (χ4n) is 2.22. The SMILES string of the molecule is O=C(NC1CCC(O)CC1)c1ccc([N+](=O)[O-])cc1. The highest BCUT2D eigenvalue weighted by molar-refractivity contribution is 5.94. The van der Waals surface area contributed by atoms with Crippen molar-refractivity contribution in [1.29, 1.82) is 0 Å². The summed E-state index contributed by atoms with van der Waals surface area (Å²) >= 11 is 0. The lowest BCUT2D eigenvalue weighted by molar-refractivity contribution is -0.384. The van der Waals surface area contributed by atoms with Gasteiger partial charge in [-0.25, -0.2) is 0 Å². The number of nitrogens with one attached hydrogen (secondary N) is 1. The molecule has 0 heterocycles. The normalized spacial score (nSPS) is 22.8. The predicted molar refractivity (Wildman–Crippen MR) is 68.8 cm³/mol. The molecular formula is C13H16N2O4. The summed E-state index contributed by atoms with van der Waals surface area (Å²) in [4.78, 5) is 21.9. The quantitative estimate of drug-likeness (QED) is 0.641. The van der Waals surface area contributed by atoms with Crippen LogP contribution in [0.15, 0.2) is 24.3 Å². The number of aliphatic hydroxyl groups is 1. The van der Waals surface area contributed by atoms with E-state index >= 15 is 0 Å². The van der Waals surface area contributed by atoms with E-state index in [0.717, 1.165) is 12.8 Å². The molecular weight excluding hydrogens is 248 g/mol. The number of nitro groups is 1. The molecule has 2 rings (SSSR count). The molecule has 19 heavy (non-hydrogen) atoms. The van der Waals surface area contributed by atoms with Gasteiger partial charge in [-0.05, 0) is 37.8 Å². The second-order valence-electron chi connectivity index (χ2n) is 4.78. The zero-order valence-electron chi connectivity index (χ0n) is 10.4. The number of nitrogens with zero attached hydrogens (tertiary/aromatic N) is 1. The van der Waals surface area contributed by atoms with Crippen LogP contribution in [0.1, 0.15) is 36.0 Å². The zero-order chi connectivity index (χ0) is 13.8. The van der Waals surface area contributed by atoms with Crippen LogP contribution in [0.3, 0.4) is 0 Å². The number of aliphatic hydroxyl groups excluding tert-OH is 1. The molecule has 0 unspecified atom stereocenters. The highest BCUT2D eigenvalue weighted by Crippen LogP contribution is 2.19. The molecule has 2 N–H and O–H groups in total. The summed E-state index contributed by atoms with van der Waals surface area (Å²) in [6.07, 6.45) is 2.67. The van der Waals surface area contributed by atoms with Gasteiger partial charge < -0.3 is 10.4 Å². The Labute approximate surface area is 110 Å². The standard InChI is InChI=1S/C13H16N2O4/c16-12-7-3-10(4-8-12)14-13(17)9-1-5-11(6-2-9)15(18)19/h1-2,5-6,10,12,16H,3-4,7-8H2,(H,14,17). The second kappa shape index (κ2) is 5.79. The number of nitro benzene ring substituents is 1. The summed E-state index contributed by atoms with van der Waals surface area (Å²) < 4.78 is 0. The third kappa shape index (κ3) is 3.51. The highest BCUT2D eigenvalue weighted by atomic mass is 16.6. The van der Waals surface area contributed by atoms with Crippen LogP contribution in [0.5, 0.6) is 0 Å². The first-order chi connectivity index (χ1) is 9.06. The van der Waals surface area contributed by atoms with Gasteiger partial charge in [-0.15, -0.1) is 0 Å². The van der Waals surface area contributed by atoms with Crippen LogP contribution in [0.2, 0.25) is 0 Å². The molecule has 0 aromatic heterocycles. The Morgan fingerprint density at radius 3 is 2.32 bits per heavy atom. The van der Waals surface area contributed by atoms with Crippen molar-refractivity contribution < 1.29 is 14.8 Å². The molecule has 1 amide bonds. The fraction of sp³-hybridized carbons (Fsp3) is 0.462. The number of benzene rings is 1. The zero-order valence-corrected chi connectivity index (χ0v) is 10.4. The van der Waals surface area contributed by atoms with Crippen LogP contribution in [0, 0.1) is 10.1 Å². The van der Waals surface area contributed by atoms with E-state index in [1.165, 1.54) is 24.3 Å². The van der Waals surface area contributed by atoms with Crippen LogP contribution in [-0.4, -0.2) is 28.1 Å². The Balaban J connectivity index is 1.94. The summed E-state index contributed by atoms with van der Waals surface area (Å²) in [6.45, 7) is 0. The molecule has 6 heteroatoms. The Morgan fingerprint density at radius 2 is 1.79 bits per heavy atom. The maximum Gasteiger partial charge on any atom is 0.269 e. The average molecular weight is 264 g/mol. The maximum atomic E-state index is 11.9. The topological polar surface area (TPSA) is 92.5 Å². The highest BCUT2D eigenvalue weighted by Gasteiger charge is 2.21. The third-order valence-corrected chi connectivity index (χ3v) is 3.37. The lowest BCUT2D eigenvalue weighted by atomic mass is 9.93. The van der Waals surface area contributed by atoms with E-state index in [2.05, 4.69) is 5.32 Å². The molecule has 1 aliphatic carbocycles. The third-order valence-electron chi connectivity index (χ3n) is 3.37. The average Bonchev–Trinajstić information content (AvgIpc) is 2.41. The molecule has 0 bridgehead atoms. The molecule has 1 aromatic carbocycles. The van der Waals surface area contributed by atoms with Gasteiger partial charge >= 0.3 is 0 Å². The first-order valence-electron chi connectivity index (χ1n) is 6.29. The number of hydrogen-bond donors (Lipinski definition) is 2. The number of amides is 1. The van der Waals surface area contributed by atoms with Gasteiger partial charge in [0.05, 0.1) is 11.0 Å². The van der Waals surface area contributed by atoms with Crippen molar-refractivity contribution in [1.82, 2.24) is 5.32 Å². The maximum absolute atomic E-state index is 11.9. The molecule has 0 aliphatic heterocycles. The van der Waals surface area contributed by atoms with Crippen LogP contribution >= 0.6 is 0 Å². The van der Waals surface area contributed by atoms with Gasteiger partial charge in [-0.1, -0.05) is 0 Å². The summed E-state index contributed by atoms with van der Waals surface area (Å²) in [5.41, 5.74) is 0.383. The number of non-ortho nitro benzene ring substituents is 1. The van der Waals surface area contributed by atoms with Gasteiger partial charge in [0.1, 0.15) is 0 Å². The number of carbonyl (C=O) groups excluding carboxylic acids is 1. The van der Waals surface area contributed by atoms with E-state index in [9.17, 15) is 20.0 Å². The van der Waals surface area contributed by atoms with Crippen molar-refractivity contribution in [2.75, 3.05) is 0 Å². The lowest BCUT2D eigenvalue weighted by Crippen LogP contribution is -2.38. The summed E-state index contributed by atoms with van der Waals surface area (Å²) in [6, 6.07) is 5.61. The first-order valence-corrected chi connectivity index (χ1v) is 6.29. The number of carbonyl (C=O) groups is 1. The minimum atomic E-state index is -0.496. The van der Waals surface area contributed by atoms with Gasteiger partial charge in [-0.2, -0.15) is 0 Å². The molecule has 102 valence electrons. The van der Waals surface area contributed by atoms with Crippen LogP contribution < -0.4 is 5.32 Å². The molecule has 0 saturated heterocycles. The Hall–Kier alpha value is -1.95. The molecule has 0 spiro atoms. The van der Waals surface area contributed by atoms with E-state index in [4.69, 9.17) is 0 Å². The monoisotopic (exact) mass is 264 g/mol. The van der Waals surface area contributed by atoms with Crippen molar-refractivity contribution in [2.24, 2.45) is 0 Å². The first kappa shape index (κ1) is 13.5. The number of hydrogen-bond acceptors (Lipinski definition) is 4. The van der Waals surface area contributed by atoms with E-state index in [1.807, 2.05) is 0 Å². The van der Waals surface area contributed by atoms with Gasteiger partial charge in [0.15, 0.2) is 0 Å². The van der Waals surface area contributed by atoms with E-state index in [0.29, 0.717) is 18.4 Å². The lowest BCUT2D eigenvalue weighted by Gasteiger charge is -2.26. The summed E-state index contributed by atoms with van der Waals surface area (Å²) in [7, 11) is 0. The molecule has 1 aliphatic rings. The molecule has 1 saturated carbocycles. The van der Waals surface area contributed by atoms with E-state index in [1.54, 1.807) is 0 Å². The summed E-state index contributed by atoms with van der Waals surface area (Å²) in [5.74, 6) is -0.226. The molecule has 0 radical (unpaired) electrons. The van der Waals surface area contributed by atoms with E-state index < -0.39 is 4.92 Å². The second-order valence-corrected chi connectivity index (χ2v) is 4.78. The van der Waals surface area contributed by atoms with Gasteiger partial charge in [0.25, 0.3) is 11.6 Å². The van der Waals surface area contributed by atoms with Gasteiger partial charge in [-0.3, -0.25) is 14.9 Å². The van der Waals surface area contributed by atoms with Crippen LogP contribution in [-0.2, 0) is 0 Å². The van der Waals surface area contributed by atoms with Gasteiger partial charge in [0.2, 0.25) is 0 Å². The minimum absolute atomic E-state index is 0.0302. The van der Waals surface area contributed by atoms with Gasteiger partial charge in [0, 0.05) is 23.7 Å². The van der Waals surface area contributed by atoms with Crippen molar-refractivity contribution in [3.05, 3.63) is 39.9 Å². The van der Waals surface area contributed by atoms with Crippen molar-refractivity contribution in [3.63, 3.8) is 0 Å². The molecule has 6 nitrogen and oxygen atoms in total. The van der Waals surface area contributed by atoms with Crippen molar-refractivity contribution in [2.45, 2.75) is 37.8 Å².